The van der Waals surface area contributed by atoms with Crippen LogP contribution in [0.25, 0.3) is 0 Å². The van der Waals surface area contributed by atoms with Crippen LogP contribution in [0.15, 0.2) is 18.2 Å². The van der Waals surface area contributed by atoms with Crippen LogP contribution in [0.4, 0.5) is 5.69 Å². The van der Waals surface area contributed by atoms with Crippen molar-refractivity contribution in [3.8, 4) is 0 Å². The van der Waals surface area contributed by atoms with Gasteiger partial charge in [-0.1, -0.05) is 11.6 Å². The van der Waals surface area contributed by atoms with Gasteiger partial charge in [0.15, 0.2) is 0 Å². The zero-order chi connectivity index (χ0) is 17.1. The zero-order valence-corrected chi connectivity index (χ0v) is 14.8. The van der Waals surface area contributed by atoms with Gasteiger partial charge in [0.25, 0.3) is 5.91 Å². The Labute approximate surface area is 147 Å². The van der Waals surface area contributed by atoms with E-state index >= 15 is 0 Å². The molecular weight excluding hydrogens is 326 g/mol. The fourth-order valence-corrected chi connectivity index (χ4v) is 3.93. The molecule has 2 aliphatic heterocycles. The van der Waals surface area contributed by atoms with Crippen molar-refractivity contribution < 1.29 is 9.59 Å². The molecule has 1 N–H and O–H groups in total. The largest absolute Gasteiger partial charge is 0.370 e. The third kappa shape index (κ3) is 3.36. The Kier molecular flexibility index (Phi) is 5.29. The molecule has 1 unspecified atom stereocenters. The molecule has 2 heterocycles. The van der Waals surface area contributed by atoms with Gasteiger partial charge in [0.2, 0.25) is 5.91 Å². The summed E-state index contributed by atoms with van der Waals surface area (Å²) in [5, 5.41) is 3.27. The number of hydrogen-bond donors (Lipinski definition) is 1. The van der Waals surface area contributed by atoms with Crippen molar-refractivity contribution in [2.45, 2.75) is 38.1 Å². The molecule has 2 amide bonds. The van der Waals surface area contributed by atoms with Crippen LogP contribution >= 0.6 is 11.6 Å². The van der Waals surface area contributed by atoms with Gasteiger partial charge in [-0.15, -0.1) is 0 Å². The van der Waals surface area contributed by atoms with E-state index in [1.54, 1.807) is 18.0 Å². The molecule has 1 aromatic carbocycles. The number of likely N-dealkylation sites (N-methyl/N-ethyl adjacent to an activating group) is 1. The lowest BCUT2D eigenvalue weighted by molar-refractivity contribution is -0.126. The lowest BCUT2D eigenvalue weighted by atomic mass is 10.00. The third-order valence-electron chi connectivity index (χ3n) is 4.95. The molecule has 1 aromatic rings. The molecule has 0 bridgehead atoms. The van der Waals surface area contributed by atoms with Crippen molar-refractivity contribution in [2.24, 2.45) is 0 Å². The van der Waals surface area contributed by atoms with E-state index in [1.165, 1.54) is 12.8 Å². The smallest absolute Gasteiger partial charge is 0.254 e. The van der Waals surface area contributed by atoms with E-state index in [0.717, 1.165) is 31.6 Å². The summed E-state index contributed by atoms with van der Waals surface area (Å²) in [5.74, 6) is -0.207. The van der Waals surface area contributed by atoms with E-state index in [0.29, 0.717) is 23.6 Å². The van der Waals surface area contributed by atoms with Crippen LogP contribution in [0, 0.1) is 0 Å². The Bertz CT molecular complexity index is 629. The van der Waals surface area contributed by atoms with Gasteiger partial charge in [-0.25, -0.2) is 0 Å². The van der Waals surface area contributed by atoms with Gasteiger partial charge in [-0.3, -0.25) is 9.59 Å². The number of hydrogen-bond acceptors (Lipinski definition) is 3. The molecule has 0 aromatic heterocycles. The maximum atomic E-state index is 12.9. The second kappa shape index (κ2) is 7.43. The third-order valence-corrected chi connectivity index (χ3v) is 5.26. The van der Waals surface area contributed by atoms with Gasteiger partial charge >= 0.3 is 0 Å². The molecule has 24 heavy (non-hydrogen) atoms. The first-order chi connectivity index (χ1) is 11.6. The molecule has 2 fully saturated rings. The quantitative estimate of drug-likeness (QED) is 0.912. The van der Waals surface area contributed by atoms with Crippen molar-refractivity contribution >= 4 is 29.1 Å². The van der Waals surface area contributed by atoms with Crippen molar-refractivity contribution in [2.75, 3.05) is 31.6 Å². The van der Waals surface area contributed by atoms with E-state index in [1.807, 2.05) is 12.1 Å². The summed E-state index contributed by atoms with van der Waals surface area (Å²) >= 11 is 6.43. The maximum absolute atomic E-state index is 12.9. The topological polar surface area (TPSA) is 52.7 Å². The van der Waals surface area contributed by atoms with Crippen LogP contribution < -0.4 is 10.2 Å². The van der Waals surface area contributed by atoms with E-state index in [2.05, 4.69) is 10.2 Å². The number of nitrogens with zero attached hydrogens (tertiary/aromatic N) is 2. The molecule has 0 radical (unpaired) electrons. The number of piperidine rings is 1. The summed E-state index contributed by atoms with van der Waals surface area (Å²) in [7, 11) is 1.61. The van der Waals surface area contributed by atoms with E-state index in [-0.39, 0.29) is 17.9 Å². The standard InChI is InChI=1S/C18H24ClN3O2/c1-20-17(23)16-6-2-3-11-22(16)18(24)13-7-8-15(14(19)12-13)21-9-4-5-10-21/h7-8,12,16H,2-6,9-11H2,1H3,(H,20,23). The molecule has 0 saturated carbocycles. The summed E-state index contributed by atoms with van der Waals surface area (Å²) in [4.78, 5) is 28.9. The molecule has 0 aliphatic carbocycles. The fraction of sp³-hybridized carbons (Fsp3) is 0.556. The molecule has 0 spiro atoms. The average Bonchev–Trinajstić information content (AvgIpc) is 3.14. The van der Waals surface area contributed by atoms with Crippen LogP contribution in [0.5, 0.6) is 0 Å². The first-order valence-corrected chi connectivity index (χ1v) is 9.06. The van der Waals surface area contributed by atoms with Crippen molar-refractivity contribution in [1.29, 1.82) is 0 Å². The van der Waals surface area contributed by atoms with Gasteiger partial charge in [0, 0.05) is 32.2 Å². The minimum Gasteiger partial charge on any atom is -0.370 e. The fourth-order valence-electron chi connectivity index (χ4n) is 3.63. The average molecular weight is 350 g/mol. The first-order valence-electron chi connectivity index (χ1n) is 8.69. The van der Waals surface area contributed by atoms with Gasteiger partial charge in [0.05, 0.1) is 10.7 Å². The SMILES string of the molecule is CNC(=O)C1CCCCN1C(=O)c1ccc(N2CCCC2)c(Cl)c1. The Morgan fingerprint density at radius 1 is 1.12 bits per heavy atom. The van der Waals surface area contributed by atoms with E-state index < -0.39 is 0 Å². The van der Waals surface area contributed by atoms with Crippen molar-refractivity contribution in [3.63, 3.8) is 0 Å². The molecule has 2 saturated heterocycles. The number of anilines is 1. The number of benzene rings is 1. The van der Waals surface area contributed by atoms with E-state index in [4.69, 9.17) is 11.6 Å². The molecule has 1 atom stereocenters. The highest BCUT2D eigenvalue weighted by atomic mass is 35.5. The van der Waals surface area contributed by atoms with Crippen molar-refractivity contribution in [1.82, 2.24) is 10.2 Å². The second-order valence-corrected chi connectivity index (χ2v) is 6.89. The molecule has 130 valence electrons. The summed E-state index contributed by atoms with van der Waals surface area (Å²) in [5.41, 5.74) is 1.55. The molecule has 5 nitrogen and oxygen atoms in total. The van der Waals surface area contributed by atoms with Gasteiger partial charge in [0.1, 0.15) is 6.04 Å². The number of nitrogens with one attached hydrogen (secondary N) is 1. The number of carbonyl (C=O) groups is 2. The second-order valence-electron chi connectivity index (χ2n) is 6.48. The number of amides is 2. The minimum atomic E-state index is -0.381. The van der Waals surface area contributed by atoms with Crippen LogP contribution in [0.2, 0.25) is 5.02 Å². The monoisotopic (exact) mass is 349 g/mol. The predicted molar refractivity (Wildman–Crippen MR) is 95.6 cm³/mol. The Morgan fingerprint density at radius 3 is 2.50 bits per heavy atom. The van der Waals surface area contributed by atoms with Gasteiger partial charge in [-0.2, -0.15) is 0 Å². The highest BCUT2D eigenvalue weighted by Gasteiger charge is 2.32. The van der Waals surface area contributed by atoms with Crippen LogP contribution in [-0.4, -0.2) is 49.4 Å². The van der Waals surface area contributed by atoms with Crippen LogP contribution in [0.3, 0.4) is 0 Å². The summed E-state index contributed by atoms with van der Waals surface area (Å²) < 4.78 is 0. The number of likely N-dealkylation sites (tertiary alicyclic amines) is 1. The van der Waals surface area contributed by atoms with Gasteiger partial charge < -0.3 is 15.1 Å². The summed E-state index contributed by atoms with van der Waals surface area (Å²) in [6.45, 7) is 2.64. The highest BCUT2D eigenvalue weighted by molar-refractivity contribution is 6.33. The maximum Gasteiger partial charge on any atom is 0.254 e. The highest BCUT2D eigenvalue weighted by Crippen LogP contribution is 2.30. The minimum absolute atomic E-state index is 0.0946. The number of halogens is 1. The lowest BCUT2D eigenvalue weighted by Gasteiger charge is -2.34. The lowest BCUT2D eigenvalue weighted by Crippen LogP contribution is -2.51. The number of carbonyl (C=O) groups excluding carboxylic acids is 2. The predicted octanol–water partition coefficient (Wildman–Crippen LogP) is 2.68. The Hall–Kier alpha value is -1.75. The summed E-state index contributed by atoms with van der Waals surface area (Å²) in [6.07, 6.45) is 4.97. The summed E-state index contributed by atoms with van der Waals surface area (Å²) in [6, 6.07) is 5.12. The van der Waals surface area contributed by atoms with Crippen molar-refractivity contribution in [3.05, 3.63) is 28.8 Å². The Morgan fingerprint density at radius 2 is 1.83 bits per heavy atom. The zero-order valence-electron chi connectivity index (χ0n) is 14.1. The van der Waals surface area contributed by atoms with Crippen LogP contribution in [-0.2, 0) is 4.79 Å². The van der Waals surface area contributed by atoms with E-state index in [9.17, 15) is 9.59 Å². The molecule has 2 aliphatic rings. The van der Waals surface area contributed by atoms with Crippen LogP contribution in [0.1, 0.15) is 42.5 Å². The molecule has 6 heteroatoms. The molecular formula is C18H24ClN3O2. The molecule has 3 rings (SSSR count). The van der Waals surface area contributed by atoms with Gasteiger partial charge in [-0.05, 0) is 50.3 Å². The first kappa shape index (κ1) is 17.1. The number of rotatable bonds is 3. The Balaban J connectivity index is 1.80. The normalized spacial score (nSPS) is 21.0.